The van der Waals surface area contributed by atoms with Gasteiger partial charge in [-0.1, -0.05) is 23.7 Å². The van der Waals surface area contributed by atoms with Gasteiger partial charge >= 0.3 is 0 Å². The van der Waals surface area contributed by atoms with E-state index in [4.69, 9.17) is 11.6 Å². The first-order valence-electron chi connectivity index (χ1n) is 8.30. The number of nitrogens with one attached hydrogen (secondary N) is 2. The molecular weight excluding hydrogens is 340 g/mol. The van der Waals surface area contributed by atoms with Crippen molar-refractivity contribution in [2.45, 2.75) is 37.3 Å². The maximum Gasteiger partial charge on any atom is 0.241 e. The van der Waals surface area contributed by atoms with Gasteiger partial charge in [0.15, 0.2) is 0 Å². The van der Waals surface area contributed by atoms with E-state index in [0.29, 0.717) is 17.9 Å². The highest BCUT2D eigenvalue weighted by Gasteiger charge is 2.36. The van der Waals surface area contributed by atoms with Crippen LogP contribution in [0.15, 0.2) is 24.3 Å². The van der Waals surface area contributed by atoms with Gasteiger partial charge in [0.05, 0.1) is 12.6 Å². The van der Waals surface area contributed by atoms with Crippen molar-refractivity contribution < 1.29 is 9.59 Å². The number of benzene rings is 1. The molecule has 0 aliphatic heterocycles. The Labute approximate surface area is 153 Å². The summed E-state index contributed by atoms with van der Waals surface area (Å²) in [6.45, 7) is 0.0180. The second-order valence-corrected chi connectivity index (χ2v) is 6.87. The van der Waals surface area contributed by atoms with Crippen LogP contribution < -0.4 is 10.6 Å². The molecule has 1 aromatic rings. The van der Waals surface area contributed by atoms with Crippen LogP contribution in [0.1, 0.15) is 37.3 Å². The van der Waals surface area contributed by atoms with Crippen LogP contribution >= 0.6 is 11.6 Å². The number of hydrogen-bond acceptors (Lipinski definition) is 4. The number of nitriles is 1. The van der Waals surface area contributed by atoms with Gasteiger partial charge in [-0.2, -0.15) is 5.26 Å². The molecule has 0 radical (unpaired) electrons. The summed E-state index contributed by atoms with van der Waals surface area (Å²) < 4.78 is 0. The highest BCUT2D eigenvalue weighted by molar-refractivity contribution is 6.30. The molecule has 2 amide bonds. The second-order valence-electron chi connectivity index (χ2n) is 6.43. The lowest BCUT2D eigenvalue weighted by molar-refractivity contribution is -0.128. The minimum absolute atomic E-state index is 0.0180. The van der Waals surface area contributed by atoms with Crippen molar-refractivity contribution in [2.24, 2.45) is 0 Å². The number of carbonyl (C=O) groups excluding carboxylic acids is 2. The van der Waals surface area contributed by atoms with Crippen molar-refractivity contribution in [3.8, 4) is 6.07 Å². The number of likely N-dealkylation sites (N-methyl/N-ethyl adjacent to an activating group) is 2. The molecule has 1 aliphatic carbocycles. The van der Waals surface area contributed by atoms with E-state index < -0.39 is 11.6 Å². The third-order valence-corrected chi connectivity index (χ3v) is 4.82. The molecule has 2 rings (SSSR count). The summed E-state index contributed by atoms with van der Waals surface area (Å²) in [6.07, 6.45) is 3.23. The minimum Gasteiger partial charge on any atom is -0.358 e. The quantitative estimate of drug-likeness (QED) is 0.810. The molecule has 1 fully saturated rings. The van der Waals surface area contributed by atoms with Gasteiger partial charge < -0.3 is 10.6 Å². The average Bonchev–Trinajstić information content (AvgIpc) is 3.05. The van der Waals surface area contributed by atoms with Crippen LogP contribution in [0.5, 0.6) is 0 Å². The molecule has 25 heavy (non-hydrogen) atoms. The number of hydrogen-bond donors (Lipinski definition) is 2. The Morgan fingerprint density at radius 2 is 1.92 bits per heavy atom. The van der Waals surface area contributed by atoms with Crippen LogP contribution in [0.25, 0.3) is 0 Å². The molecule has 0 bridgehead atoms. The van der Waals surface area contributed by atoms with E-state index in [2.05, 4.69) is 16.7 Å². The van der Waals surface area contributed by atoms with Gasteiger partial charge in [0, 0.05) is 12.1 Å². The molecule has 6 nitrogen and oxygen atoms in total. The normalized spacial score (nSPS) is 16.9. The fourth-order valence-corrected chi connectivity index (χ4v) is 3.38. The van der Waals surface area contributed by atoms with Crippen LogP contribution in [-0.2, 0) is 9.59 Å². The highest BCUT2D eigenvalue weighted by Crippen LogP contribution is 2.29. The molecule has 0 heterocycles. The lowest BCUT2D eigenvalue weighted by Gasteiger charge is -2.28. The first kappa shape index (κ1) is 19.2. The first-order valence-corrected chi connectivity index (χ1v) is 8.68. The zero-order chi connectivity index (χ0) is 18.4. The fourth-order valence-electron chi connectivity index (χ4n) is 3.26. The molecule has 0 unspecified atom stereocenters. The maximum atomic E-state index is 12.4. The zero-order valence-electron chi connectivity index (χ0n) is 14.5. The minimum atomic E-state index is -0.763. The molecule has 1 saturated carbocycles. The molecular formula is C18H23ClN4O2. The monoisotopic (exact) mass is 362 g/mol. The summed E-state index contributed by atoms with van der Waals surface area (Å²) in [5.41, 5.74) is -0.0179. The Morgan fingerprint density at radius 3 is 2.44 bits per heavy atom. The summed E-state index contributed by atoms with van der Waals surface area (Å²) in [6, 6.07) is 8.58. The number of carbonyl (C=O) groups is 2. The summed E-state index contributed by atoms with van der Waals surface area (Å²) >= 11 is 5.91. The van der Waals surface area contributed by atoms with Gasteiger partial charge in [-0.15, -0.1) is 0 Å². The number of nitrogens with zero attached hydrogens (tertiary/aromatic N) is 2. The summed E-state index contributed by atoms with van der Waals surface area (Å²) in [5, 5.41) is 15.4. The zero-order valence-corrected chi connectivity index (χ0v) is 15.3. The van der Waals surface area contributed by atoms with E-state index in [0.717, 1.165) is 18.4 Å². The van der Waals surface area contributed by atoms with Crippen molar-refractivity contribution >= 4 is 23.4 Å². The topological polar surface area (TPSA) is 85.2 Å². The number of rotatable bonds is 6. The van der Waals surface area contributed by atoms with Gasteiger partial charge in [0.25, 0.3) is 0 Å². The Hall–Kier alpha value is -2.10. The third-order valence-electron chi connectivity index (χ3n) is 4.56. The Balaban J connectivity index is 2.10. The Bertz CT molecular complexity index is 663. The van der Waals surface area contributed by atoms with Crippen LogP contribution in [0.3, 0.4) is 0 Å². The number of halogens is 1. The molecule has 0 spiro atoms. The lowest BCUT2D eigenvalue weighted by atomic mass is 10.00. The van der Waals surface area contributed by atoms with Crippen molar-refractivity contribution in [3.63, 3.8) is 0 Å². The van der Waals surface area contributed by atoms with Crippen molar-refractivity contribution in [1.82, 2.24) is 15.5 Å². The molecule has 7 heteroatoms. The largest absolute Gasteiger partial charge is 0.358 e. The van der Waals surface area contributed by atoms with Gasteiger partial charge in [0.1, 0.15) is 11.6 Å². The Morgan fingerprint density at radius 1 is 1.32 bits per heavy atom. The van der Waals surface area contributed by atoms with Crippen LogP contribution in [-0.4, -0.2) is 42.9 Å². The van der Waals surface area contributed by atoms with Crippen molar-refractivity contribution in [1.29, 1.82) is 5.26 Å². The first-order chi connectivity index (χ1) is 11.9. The molecule has 1 aromatic carbocycles. The van der Waals surface area contributed by atoms with Crippen LogP contribution in [0.4, 0.5) is 0 Å². The van der Waals surface area contributed by atoms with E-state index in [-0.39, 0.29) is 18.4 Å². The van der Waals surface area contributed by atoms with E-state index in [1.165, 1.54) is 0 Å². The summed E-state index contributed by atoms with van der Waals surface area (Å²) in [5.74, 6) is -0.470. The van der Waals surface area contributed by atoms with Gasteiger partial charge in [-0.25, -0.2) is 0 Å². The van der Waals surface area contributed by atoms with E-state index >= 15 is 0 Å². The Kier molecular flexibility index (Phi) is 6.40. The second kappa shape index (κ2) is 8.32. The molecule has 134 valence electrons. The summed E-state index contributed by atoms with van der Waals surface area (Å²) in [4.78, 5) is 26.4. The van der Waals surface area contributed by atoms with Gasteiger partial charge in [-0.3, -0.25) is 14.5 Å². The van der Waals surface area contributed by atoms with E-state index in [1.54, 1.807) is 43.3 Å². The fraction of sp³-hybridized carbons (Fsp3) is 0.500. The molecule has 1 aliphatic rings. The van der Waals surface area contributed by atoms with Crippen LogP contribution in [0, 0.1) is 11.3 Å². The van der Waals surface area contributed by atoms with Gasteiger partial charge in [0.2, 0.25) is 11.8 Å². The molecule has 2 N–H and O–H groups in total. The van der Waals surface area contributed by atoms with Crippen molar-refractivity contribution in [2.75, 3.05) is 20.6 Å². The van der Waals surface area contributed by atoms with Crippen LogP contribution in [0.2, 0.25) is 5.02 Å². The predicted molar refractivity (Wildman–Crippen MR) is 95.8 cm³/mol. The molecule has 0 saturated heterocycles. The molecule has 1 atom stereocenters. The highest BCUT2D eigenvalue weighted by atomic mass is 35.5. The van der Waals surface area contributed by atoms with E-state index in [1.807, 2.05) is 0 Å². The number of amides is 2. The van der Waals surface area contributed by atoms with E-state index in [9.17, 15) is 14.9 Å². The maximum absolute atomic E-state index is 12.4. The lowest BCUT2D eigenvalue weighted by Crippen LogP contribution is -2.50. The third kappa shape index (κ3) is 4.71. The average molecular weight is 363 g/mol. The SMILES string of the molecule is CNC(=O)[C@H](c1ccc(Cl)cc1)N(C)CC(=O)NC1(C#N)CCCC1. The smallest absolute Gasteiger partial charge is 0.241 e. The van der Waals surface area contributed by atoms with Crippen molar-refractivity contribution in [3.05, 3.63) is 34.9 Å². The predicted octanol–water partition coefficient (Wildman–Crippen LogP) is 2.01. The standard InChI is InChI=1S/C18H23ClN4O2/c1-21-17(25)16(13-5-7-14(19)8-6-13)23(2)11-15(24)22-18(12-20)9-3-4-10-18/h5-8,16H,3-4,9-11H2,1-2H3,(H,21,25)(H,22,24)/t16-/m0/s1. The summed E-state index contributed by atoms with van der Waals surface area (Å²) in [7, 11) is 3.27. The van der Waals surface area contributed by atoms with Gasteiger partial charge in [-0.05, 0) is 50.4 Å². The molecule has 0 aromatic heterocycles.